The molecular weight excluding hydrogens is 277 g/mol. The van der Waals surface area contributed by atoms with E-state index in [1.54, 1.807) is 30.6 Å². The van der Waals surface area contributed by atoms with Gasteiger partial charge in [0, 0.05) is 28.9 Å². The van der Waals surface area contributed by atoms with Gasteiger partial charge in [-0.3, -0.25) is 9.78 Å². The Morgan fingerprint density at radius 1 is 1.15 bits per heavy atom. The molecule has 2 nitrogen and oxygen atoms in total. The number of carbonyl (C=O) groups excluding carboxylic acids is 1. The Bertz CT molecular complexity index is 811. The van der Waals surface area contributed by atoms with Crippen molar-refractivity contribution in [3.63, 3.8) is 0 Å². The van der Waals surface area contributed by atoms with Crippen LogP contribution >= 0.6 is 11.6 Å². The number of pyridine rings is 1. The Hall–Kier alpha value is -2.26. The number of fused-ring (bicyclic) bond motifs is 1. The summed E-state index contributed by atoms with van der Waals surface area (Å²) in [5, 5.41) is 1.67. The highest BCUT2D eigenvalue weighted by Crippen LogP contribution is 2.22. The Morgan fingerprint density at radius 3 is 2.80 bits per heavy atom. The van der Waals surface area contributed by atoms with E-state index in [9.17, 15) is 9.18 Å². The largest absolute Gasteiger partial charge is 0.289 e. The molecule has 1 aromatic heterocycles. The van der Waals surface area contributed by atoms with E-state index in [2.05, 4.69) is 4.98 Å². The molecule has 0 aliphatic rings. The van der Waals surface area contributed by atoms with E-state index in [4.69, 9.17) is 11.6 Å². The van der Waals surface area contributed by atoms with Gasteiger partial charge in [0.15, 0.2) is 5.78 Å². The Morgan fingerprint density at radius 2 is 2.00 bits per heavy atom. The van der Waals surface area contributed by atoms with Crippen molar-refractivity contribution in [2.45, 2.75) is 0 Å². The van der Waals surface area contributed by atoms with Gasteiger partial charge >= 0.3 is 0 Å². The van der Waals surface area contributed by atoms with Crippen LogP contribution in [0.1, 0.15) is 15.9 Å². The van der Waals surface area contributed by atoms with Crippen LogP contribution in [-0.2, 0) is 0 Å². The lowest BCUT2D eigenvalue weighted by molar-refractivity contribution is 0.104. The zero-order valence-electron chi connectivity index (χ0n) is 10.3. The van der Waals surface area contributed by atoms with Gasteiger partial charge in [0.1, 0.15) is 5.82 Å². The highest BCUT2D eigenvalue weighted by molar-refractivity contribution is 6.31. The monoisotopic (exact) mass is 285 g/mol. The topological polar surface area (TPSA) is 30.0 Å². The summed E-state index contributed by atoms with van der Waals surface area (Å²) in [5.41, 5.74) is 0.794. The van der Waals surface area contributed by atoms with Gasteiger partial charge < -0.3 is 0 Å². The van der Waals surface area contributed by atoms with Gasteiger partial charge in [-0.05, 0) is 29.7 Å². The summed E-state index contributed by atoms with van der Waals surface area (Å²) >= 11 is 5.63. The Labute approximate surface area is 119 Å². The number of hydrogen-bond donors (Lipinski definition) is 0. The molecule has 3 aromatic rings. The summed E-state index contributed by atoms with van der Waals surface area (Å²) in [4.78, 5) is 16.5. The highest BCUT2D eigenvalue weighted by atomic mass is 35.5. The maximum absolute atomic E-state index is 13.5. The fourth-order valence-electron chi connectivity index (χ4n) is 2.11. The van der Waals surface area contributed by atoms with Gasteiger partial charge in [0.05, 0.1) is 5.02 Å². The third kappa shape index (κ3) is 2.17. The third-order valence-electron chi connectivity index (χ3n) is 3.11. The molecule has 0 spiro atoms. The summed E-state index contributed by atoms with van der Waals surface area (Å²) in [6.45, 7) is 0. The highest BCUT2D eigenvalue weighted by Gasteiger charge is 2.14. The number of hydrogen-bond acceptors (Lipinski definition) is 2. The maximum Gasteiger partial charge on any atom is 0.193 e. The van der Waals surface area contributed by atoms with Crippen molar-refractivity contribution >= 4 is 28.2 Å². The molecule has 0 aliphatic carbocycles. The molecule has 0 saturated heterocycles. The molecule has 0 atom stereocenters. The van der Waals surface area contributed by atoms with Crippen molar-refractivity contribution in [3.05, 3.63) is 76.8 Å². The van der Waals surface area contributed by atoms with E-state index in [-0.39, 0.29) is 16.4 Å². The van der Waals surface area contributed by atoms with E-state index in [0.29, 0.717) is 5.56 Å². The van der Waals surface area contributed by atoms with Crippen LogP contribution in [0.2, 0.25) is 5.02 Å². The van der Waals surface area contributed by atoms with Crippen LogP contribution in [-0.4, -0.2) is 10.8 Å². The second kappa shape index (κ2) is 5.02. The van der Waals surface area contributed by atoms with Crippen LogP contribution in [0.4, 0.5) is 4.39 Å². The van der Waals surface area contributed by atoms with Crippen molar-refractivity contribution in [1.82, 2.24) is 4.98 Å². The van der Waals surface area contributed by atoms with Gasteiger partial charge in [-0.15, -0.1) is 0 Å². The summed E-state index contributed by atoms with van der Waals surface area (Å²) < 4.78 is 13.5. The van der Waals surface area contributed by atoms with Crippen LogP contribution in [0.3, 0.4) is 0 Å². The Kier molecular flexibility index (Phi) is 3.20. The molecule has 0 fully saturated rings. The van der Waals surface area contributed by atoms with Crippen LogP contribution in [0.15, 0.2) is 54.9 Å². The zero-order valence-corrected chi connectivity index (χ0v) is 11.1. The molecule has 0 bridgehead atoms. The van der Waals surface area contributed by atoms with Crippen molar-refractivity contribution in [3.8, 4) is 0 Å². The molecule has 0 unspecified atom stereocenters. The predicted molar refractivity (Wildman–Crippen MR) is 76.6 cm³/mol. The van der Waals surface area contributed by atoms with Crippen LogP contribution < -0.4 is 0 Å². The molecule has 20 heavy (non-hydrogen) atoms. The molecule has 0 aliphatic heterocycles. The van der Waals surface area contributed by atoms with E-state index < -0.39 is 5.82 Å². The SMILES string of the molecule is O=C(c1ccc(Cl)c(F)c1)c1cccc2cnccc12. The number of carbonyl (C=O) groups is 1. The predicted octanol–water partition coefficient (Wildman–Crippen LogP) is 4.26. The van der Waals surface area contributed by atoms with Crippen LogP contribution in [0.5, 0.6) is 0 Å². The maximum atomic E-state index is 13.5. The number of rotatable bonds is 2. The first-order valence-electron chi connectivity index (χ1n) is 5.99. The molecule has 0 radical (unpaired) electrons. The molecule has 2 aromatic carbocycles. The minimum atomic E-state index is -0.598. The van der Waals surface area contributed by atoms with Gasteiger partial charge in [-0.2, -0.15) is 0 Å². The summed E-state index contributed by atoms with van der Waals surface area (Å²) in [5.74, 6) is -0.836. The normalized spacial score (nSPS) is 10.7. The van der Waals surface area contributed by atoms with Crippen molar-refractivity contribution < 1.29 is 9.18 Å². The first-order chi connectivity index (χ1) is 9.66. The van der Waals surface area contributed by atoms with Gasteiger partial charge in [0.25, 0.3) is 0 Å². The van der Waals surface area contributed by atoms with E-state index in [1.165, 1.54) is 12.1 Å². The standard InChI is InChI=1S/C16H9ClFNO/c17-14-5-4-10(8-15(14)18)16(20)13-3-1-2-11-9-19-7-6-12(11)13/h1-9H. The lowest BCUT2D eigenvalue weighted by Gasteiger charge is -2.06. The van der Waals surface area contributed by atoms with Crippen molar-refractivity contribution in [2.75, 3.05) is 0 Å². The second-order valence-corrected chi connectivity index (χ2v) is 4.77. The lowest BCUT2D eigenvalue weighted by Crippen LogP contribution is -2.03. The Balaban J connectivity index is 2.15. The number of ketones is 1. The average molecular weight is 286 g/mol. The van der Waals surface area contributed by atoms with Crippen LogP contribution in [0, 0.1) is 5.82 Å². The summed E-state index contributed by atoms with van der Waals surface area (Å²) in [7, 11) is 0. The first-order valence-corrected chi connectivity index (χ1v) is 6.37. The quantitative estimate of drug-likeness (QED) is 0.659. The molecule has 98 valence electrons. The van der Waals surface area contributed by atoms with E-state index >= 15 is 0 Å². The van der Waals surface area contributed by atoms with Crippen LogP contribution in [0.25, 0.3) is 10.8 Å². The van der Waals surface area contributed by atoms with Gasteiger partial charge in [-0.25, -0.2) is 4.39 Å². The smallest absolute Gasteiger partial charge is 0.193 e. The number of benzene rings is 2. The van der Waals surface area contributed by atoms with Crippen molar-refractivity contribution in [1.29, 1.82) is 0 Å². The number of nitrogens with zero attached hydrogens (tertiary/aromatic N) is 1. The first kappa shape index (κ1) is 12.8. The summed E-state index contributed by atoms with van der Waals surface area (Å²) in [6, 6.07) is 11.2. The molecule has 0 saturated carbocycles. The molecule has 0 amide bonds. The zero-order chi connectivity index (χ0) is 14.1. The molecule has 0 N–H and O–H groups in total. The average Bonchev–Trinajstić information content (AvgIpc) is 2.49. The third-order valence-corrected chi connectivity index (χ3v) is 3.41. The van der Waals surface area contributed by atoms with Gasteiger partial charge in [0.2, 0.25) is 0 Å². The van der Waals surface area contributed by atoms with Gasteiger partial charge in [-0.1, -0.05) is 29.8 Å². The molecule has 3 rings (SSSR count). The summed E-state index contributed by atoms with van der Waals surface area (Å²) in [6.07, 6.45) is 3.32. The molecule has 4 heteroatoms. The minimum absolute atomic E-state index is 0.00340. The fraction of sp³-hybridized carbons (Fsp3) is 0. The van der Waals surface area contributed by atoms with E-state index in [1.807, 2.05) is 6.07 Å². The molecular formula is C16H9ClFNO. The fourth-order valence-corrected chi connectivity index (χ4v) is 2.23. The number of halogens is 2. The second-order valence-electron chi connectivity index (χ2n) is 4.36. The van der Waals surface area contributed by atoms with Crippen molar-refractivity contribution in [2.24, 2.45) is 0 Å². The molecule has 1 heterocycles. The number of aromatic nitrogens is 1. The minimum Gasteiger partial charge on any atom is -0.289 e. The lowest BCUT2D eigenvalue weighted by atomic mass is 9.98. The van der Waals surface area contributed by atoms with E-state index in [0.717, 1.165) is 16.8 Å².